The lowest BCUT2D eigenvalue weighted by Crippen LogP contribution is -2.14. The van der Waals surface area contributed by atoms with Gasteiger partial charge in [0.05, 0.1) is 22.1 Å². The molecule has 0 amide bonds. The van der Waals surface area contributed by atoms with Gasteiger partial charge in [0, 0.05) is 10.7 Å². The molecule has 0 fully saturated rings. The number of hydrogen-bond acceptors (Lipinski definition) is 5. The molecule has 0 radical (unpaired) electrons. The normalized spacial score (nSPS) is 11.6. The predicted molar refractivity (Wildman–Crippen MR) is 79.1 cm³/mol. The topological polar surface area (TPSA) is 72.0 Å². The van der Waals surface area contributed by atoms with Gasteiger partial charge in [-0.25, -0.2) is 13.4 Å². The van der Waals surface area contributed by atoms with Crippen LogP contribution in [0.4, 0.5) is 5.69 Å². The van der Waals surface area contributed by atoms with Crippen molar-refractivity contribution < 1.29 is 8.42 Å². The molecule has 0 atom stereocenters. The molecule has 0 spiro atoms. The predicted octanol–water partition coefficient (Wildman–Crippen LogP) is 3.03. The molecule has 2 aromatic rings. The number of anilines is 1. The quantitative estimate of drug-likeness (QED) is 0.911. The zero-order valence-electron chi connectivity index (χ0n) is 10.6. The zero-order chi connectivity index (χ0) is 14.2. The summed E-state index contributed by atoms with van der Waals surface area (Å²) in [6.07, 6.45) is 1.62. The second kappa shape index (κ2) is 5.18. The monoisotopic (exact) mass is 361 g/mol. The molecular formula is C11H12BrN3O2S2. The van der Waals surface area contributed by atoms with Crippen molar-refractivity contribution in [2.75, 3.05) is 4.72 Å². The molecule has 0 saturated carbocycles. The number of hydrogen-bond donors (Lipinski definition) is 1. The number of halogens is 1. The Balaban J connectivity index is 2.42. The fraction of sp³-hybridized carbons (Fsp3) is 0.273. The smallest absolute Gasteiger partial charge is 0.273 e. The average Bonchev–Trinajstić information content (AvgIpc) is 2.63. The van der Waals surface area contributed by atoms with E-state index in [9.17, 15) is 8.42 Å². The number of aryl methyl sites for hydroxylation is 3. The summed E-state index contributed by atoms with van der Waals surface area (Å²) >= 11 is 4.43. The van der Waals surface area contributed by atoms with Crippen molar-refractivity contribution in [2.24, 2.45) is 0 Å². The van der Waals surface area contributed by atoms with Crippen molar-refractivity contribution in [2.45, 2.75) is 25.0 Å². The third-order valence-electron chi connectivity index (χ3n) is 2.40. The van der Waals surface area contributed by atoms with Crippen molar-refractivity contribution in [3.63, 3.8) is 0 Å². The molecule has 2 rings (SSSR count). The summed E-state index contributed by atoms with van der Waals surface area (Å²) in [7, 11) is -3.62. The molecule has 2 heterocycles. The van der Waals surface area contributed by atoms with Crippen LogP contribution in [0.3, 0.4) is 0 Å². The van der Waals surface area contributed by atoms with Crippen molar-refractivity contribution in [1.82, 2.24) is 9.97 Å². The molecule has 1 N–H and O–H groups in total. The minimum Gasteiger partial charge on any atom is -0.277 e. The Bertz CT molecular complexity index is 726. The van der Waals surface area contributed by atoms with Gasteiger partial charge in [0.25, 0.3) is 10.0 Å². The maximum absolute atomic E-state index is 12.3. The van der Waals surface area contributed by atoms with Gasteiger partial charge in [-0.2, -0.15) is 0 Å². The second-order valence-corrected chi connectivity index (χ2v) is 7.99. The molecule has 0 saturated heterocycles. The molecule has 2 aromatic heterocycles. The van der Waals surface area contributed by atoms with Crippen LogP contribution < -0.4 is 4.72 Å². The summed E-state index contributed by atoms with van der Waals surface area (Å²) in [5.41, 5.74) is 1.58. The molecule has 5 nitrogen and oxygen atoms in total. The van der Waals surface area contributed by atoms with Gasteiger partial charge in [-0.15, -0.1) is 11.3 Å². The van der Waals surface area contributed by atoms with Gasteiger partial charge in [0.2, 0.25) is 0 Å². The molecule has 19 heavy (non-hydrogen) atoms. The number of thiazole rings is 1. The van der Waals surface area contributed by atoms with E-state index in [2.05, 4.69) is 30.6 Å². The first-order valence-corrected chi connectivity index (χ1v) is 8.48. The van der Waals surface area contributed by atoms with E-state index in [1.54, 1.807) is 33.0 Å². The van der Waals surface area contributed by atoms with E-state index in [1.165, 1.54) is 0 Å². The van der Waals surface area contributed by atoms with Gasteiger partial charge in [0.15, 0.2) is 4.21 Å². The Labute approximate surface area is 124 Å². The number of sulfonamides is 1. The summed E-state index contributed by atoms with van der Waals surface area (Å²) in [6, 6.07) is 1.68. The van der Waals surface area contributed by atoms with Gasteiger partial charge >= 0.3 is 0 Å². The van der Waals surface area contributed by atoms with E-state index in [1.807, 2.05) is 0 Å². The van der Waals surface area contributed by atoms with E-state index in [0.29, 0.717) is 21.5 Å². The highest BCUT2D eigenvalue weighted by Gasteiger charge is 2.21. The van der Waals surface area contributed by atoms with E-state index >= 15 is 0 Å². The summed E-state index contributed by atoms with van der Waals surface area (Å²) in [5, 5.41) is 0.724. The largest absolute Gasteiger partial charge is 0.277 e. The lowest BCUT2D eigenvalue weighted by atomic mass is 10.3. The minimum absolute atomic E-state index is 0.240. The highest BCUT2D eigenvalue weighted by Crippen LogP contribution is 2.27. The van der Waals surface area contributed by atoms with Crippen LogP contribution >= 0.6 is 27.3 Å². The zero-order valence-corrected chi connectivity index (χ0v) is 13.8. The number of nitrogens with one attached hydrogen (secondary N) is 1. The third-order valence-corrected chi connectivity index (χ3v) is 5.88. The van der Waals surface area contributed by atoms with Crippen molar-refractivity contribution >= 4 is 43.0 Å². The van der Waals surface area contributed by atoms with Crippen LogP contribution in [0.1, 0.15) is 16.4 Å². The number of nitrogens with zero attached hydrogens (tertiary/aromatic N) is 2. The first-order chi connectivity index (χ1) is 8.79. The Morgan fingerprint density at radius 1 is 1.26 bits per heavy atom. The SMILES string of the molecule is Cc1nc(C)c(S(=O)(=O)Nc2cc(Br)cnc2C)s1. The van der Waals surface area contributed by atoms with Crippen molar-refractivity contribution in [3.8, 4) is 0 Å². The lowest BCUT2D eigenvalue weighted by molar-refractivity contribution is 0.602. The van der Waals surface area contributed by atoms with Gasteiger partial charge in [-0.1, -0.05) is 0 Å². The van der Waals surface area contributed by atoms with E-state index in [4.69, 9.17) is 0 Å². The summed E-state index contributed by atoms with van der Waals surface area (Å²) in [5.74, 6) is 0. The summed E-state index contributed by atoms with van der Waals surface area (Å²) in [4.78, 5) is 8.23. The molecular weight excluding hydrogens is 350 g/mol. The molecule has 0 aliphatic carbocycles. The maximum Gasteiger partial charge on any atom is 0.273 e. The number of rotatable bonds is 3. The van der Waals surface area contributed by atoms with E-state index in [-0.39, 0.29) is 4.21 Å². The Morgan fingerprint density at radius 3 is 2.53 bits per heavy atom. The molecule has 0 aromatic carbocycles. The van der Waals surface area contributed by atoms with Crippen LogP contribution in [0.5, 0.6) is 0 Å². The molecule has 8 heteroatoms. The molecule has 0 aliphatic rings. The molecule has 0 unspecified atom stereocenters. The maximum atomic E-state index is 12.3. The summed E-state index contributed by atoms with van der Waals surface area (Å²) in [6.45, 7) is 5.21. The van der Waals surface area contributed by atoms with E-state index in [0.717, 1.165) is 16.3 Å². The van der Waals surface area contributed by atoms with Crippen LogP contribution in [-0.4, -0.2) is 18.4 Å². The molecule has 102 valence electrons. The van der Waals surface area contributed by atoms with Crippen molar-refractivity contribution in [3.05, 3.63) is 33.1 Å². The molecule has 0 bridgehead atoms. The standard InChI is InChI=1S/C11H12BrN3O2S2/c1-6-10(4-9(12)5-13-6)15-19(16,17)11-7(2)14-8(3)18-11/h4-5,15H,1-3H3. The lowest BCUT2D eigenvalue weighted by Gasteiger charge is -2.09. The minimum atomic E-state index is -3.62. The highest BCUT2D eigenvalue weighted by atomic mass is 79.9. The van der Waals surface area contributed by atoms with Crippen LogP contribution in [0.2, 0.25) is 0 Å². The van der Waals surface area contributed by atoms with Gasteiger partial charge in [-0.05, 0) is 42.8 Å². The summed E-state index contributed by atoms with van der Waals surface area (Å²) < 4.78 is 28.1. The van der Waals surface area contributed by atoms with Crippen LogP contribution in [-0.2, 0) is 10.0 Å². The second-order valence-electron chi connectivity index (χ2n) is 4.00. The van der Waals surface area contributed by atoms with E-state index < -0.39 is 10.0 Å². The number of pyridine rings is 1. The molecule has 0 aliphatic heterocycles. The highest BCUT2D eigenvalue weighted by molar-refractivity contribution is 9.10. The number of aromatic nitrogens is 2. The van der Waals surface area contributed by atoms with Crippen LogP contribution in [0.15, 0.2) is 20.9 Å². The van der Waals surface area contributed by atoms with Crippen molar-refractivity contribution in [1.29, 1.82) is 0 Å². The van der Waals surface area contributed by atoms with Crippen LogP contribution in [0.25, 0.3) is 0 Å². The van der Waals surface area contributed by atoms with Gasteiger partial charge < -0.3 is 0 Å². The Hall–Kier alpha value is -0.990. The Kier molecular flexibility index (Phi) is 3.93. The third kappa shape index (κ3) is 3.13. The van der Waals surface area contributed by atoms with Crippen LogP contribution in [0, 0.1) is 20.8 Å². The fourth-order valence-electron chi connectivity index (χ4n) is 1.56. The Morgan fingerprint density at radius 2 is 1.95 bits per heavy atom. The average molecular weight is 362 g/mol. The first kappa shape index (κ1) is 14.4. The van der Waals surface area contributed by atoms with Gasteiger partial charge in [0.1, 0.15) is 0 Å². The first-order valence-electron chi connectivity index (χ1n) is 5.38. The van der Waals surface area contributed by atoms with Gasteiger partial charge in [-0.3, -0.25) is 9.71 Å². The fourth-order valence-corrected chi connectivity index (χ4v) is 4.49.